The standard InChI is InChI=1S/C22H33NO3/c1-13(20(25)26)15-6-7-16-14-5-8-18-22(3,12-10-19(24)23(18)4)17(14)9-11-21(15,16)2/h8,13-17H,5-7,9-12H2,1-4H3,(H,25,26). The first-order valence-electron chi connectivity index (χ1n) is 10.4. The zero-order chi connectivity index (χ0) is 18.9. The summed E-state index contributed by atoms with van der Waals surface area (Å²) in [6.07, 6.45) is 9.59. The fourth-order valence-corrected chi connectivity index (χ4v) is 7.61. The Morgan fingerprint density at radius 2 is 1.96 bits per heavy atom. The fourth-order valence-electron chi connectivity index (χ4n) is 7.61. The fraction of sp³-hybridized carbons (Fsp3) is 0.818. The van der Waals surface area contributed by atoms with Crippen LogP contribution in [0.5, 0.6) is 0 Å². The molecule has 0 radical (unpaired) electrons. The molecule has 1 amide bonds. The maximum absolute atomic E-state index is 12.2. The van der Waals surface area contributed by atoms with Crippen LogP contribution in [-0.4, -0.2) is 28.9 Å². The third-order valence-electron chi connectivity index (χ3n) is 9.08. The zero-order valence-electron chi connectivity index (χ0n) is 16.6. The summed E-state index contributed by atoms with van der Waals surface area (Å²) in [5, 5.41) is 9.58. The van der Waals surface area contributed by atoms with E-state index in [9.17, 15) is 14.7 Å². The van der Waals surface area contributed by atoms with E-state index < -0.39 is 5.97 Å². The lowest BCUT2D eigenvalue weighted by Gasteiger charge is -2.58. The topological polar surface area (TPSA) is 57.6 Å². The van der Waals surface area contributed by atoms with Crippen LogP contribution in [0.3, 0.4) is 0 Å². The van der Waals surface area contributed by atoms with Gasteiger partial charge >= 0.3 is 5.97 Å². The second-order valence-electron chi connectivity index (χ2n) is 9.93. The third kappa shape index (κ3) is 2.26. The van der Waals surface area contributed by atoms with Crippen LogP contribution in [0, 0.1) is 40.4 Å². The quantitative estimate of drug-likeness (QED) is 0.799. The predicted molar refractivity (Wildman–Crippen MR) is 100 cm³/mol. The van der Waals surface area contributed by atoms with Crippen LogP contribution >= 0.6 is 0 Å². The first-order valence-corrected chi connectivity index (χ1v) is 10.4. The molecule has 0 spiro atoms. The molecule has 4 heteroatoms. The Labute approximate surface area is 157 Å². The normalized spacial score (nSPS) is 46.1. The Morgan fingerprint density at radius 1 is 1.23 bits per heavy atom. The number of carboxylic acids is 1. The molecule has 1 N–H and O–H groups in total. The van der Waals surface area contributed by atoms with Crippen molar-refractivity contribution < 1.29 is 14.7 Å². The monoisotopic (exact) mass is 359 g/mol. The summed E-state index contributed by atoms with van der Waals surface area (Å²) in [6.45, 7) is 6.67. The van der Waals surface area contributed by atoms with Crippen molar-refractivity contribution in [1.29, 1.82) is 0 Å². The van der Waals surface area contributed by atoms with Gasteiger partial charge in [0.1, 0.15) is 0 Å². The van der Waals surface area contributed by atoms with Crippen LogP contribution in [-0.2, 0) is 9.59 Å². The van der Waals surface area contributed by atoms with Gasteiger partial charge in [0.05, 0.1) is 5.92 Å². The number of rotatable bonds is 2. The summed E-state index contributed by atoms with van der Waals surface area (Å²) in [6, 6.07) is 0. The molecule has 4 aliphatic rings. The van der Waals surface area contributed by atoms with E-state index >= 15 is 0 Å². The molecule has 1 heterocycles. The Bertz CT molecular complexity index is 670. The van der Waals surface area contributed by atoms with E-state index in [2.05, 4.69) is 19.9 Å². The highest BCUT2D eigenvalue weighted by molar-refractivity contribution is 5.79. The lowest BCUT2D eigenvalue weighted by Crippen LogP contribution is -2.54. The number of allylic oxidation sites excluding steroid dienone is 2. The van der Waals surface area contributed by atoms with Crippen LogP contribution < -0.4 is 0 Å². The largest absolute Gasteiger partial charge is 0.481 e. The highest BCUT2D eigenvalue weighted by Crippen LogP contribution is 2.66. The number of hydrogen-bond acceptors (Lipinski definition) is 2. The van der Waals surface area contributed by atoms with Crippen LogP contribution in [0.2, 0.25) is 0 Å². The molecule has 26 heavy (non-hydrogen) atoms. The molecule has 0 bridgehead atoms. The summed E-state index contributed by atoms with van der Waals surface area (Å²) in [7, 11) is 1.94. The number of nitrogens with zero attached hydrogens (tertiary/aromatic N) is 1. The highest BCUT2D eigenvalue weighted by atomic mass is 16.4. The second-order valence-corrected chi connectivity index (χ2v) is 9.93. The van der Waals surface area contributed by atoms with E-state index in [1.807, 2.05) is 18.9 Å². The lowest BCUT2D eigenvalue weighted by molar-refractivity contribution is -0.146. The number of carbonyl (C=O) groups excluding carboxylic acids is 1. The van der Waals surface area contributed by atoms with Crippen molar-refractivity contribution in [2.24, 2.45) is 40.4 Å². The summed E-state index contributed by atoms with van der Waals surface area (Å²) in [5.41, 5.74) is 1.53. The second kappa shape index (κ2) is 5.84. The molecule has 3 aliphatic carbocycles. The molecule has 0 aromatic heterocycles. The summed E-state index contributed by atoms with van der Waals surface area (Å²) >= 11 is 0. The number of piperidine rings is 1. The Morgan fingerprint density at radius 3 is 2.65 bits per heavy atom. The van der Waals surface area contributed by atoms with E-state index in [0.717, 1.165) is 25.7 Å². The number of amides is 1. The van der Waals surface area contributed by atoms with Gasteiger partial charge in [0, 0.05) is 24.6 Å². The van der Waals surface area contributed by atoms with E-state index in [-0.39, 0.29) is 22.7 Å². The third-order valence-corrected chi connectivity index (χ3v) is 9.08. The Balaban J connectivity index is 1.66. The van der Waals surface area contributed by atoms with E-state index in [4.69, 9.17) is 0 Å². The van der Waals surface area contributed by atoms with Crippen molar-refractivity contribution in [2.75, 3.05) is 7.05 Å². The molecule has 0 aromatic carbocycles. The number of carboxylic acid groups (broad SMARTS) is 1. The molecule has 7 unspecified atom stereocenters. The first-order chi connectivity index (χ1) is 12.2. The van der Waals surface area contributed by atoms with Crippen molar-refractivity contribution in [3.05, 3.63) is 11.8 Å². The van der Waals surface area contributed by atoms with Gasteiger partial charge in [0.2, 0.25) is 5.91 Å². The molecule has 2 saturated carbocycles. The van der Waals surface area contributed by atoms with Gasteiger partial charge in [-0.05, 0) is 67.6 Å². The van der Waals surface area contributed by atoms with Crippen LogP contribution in [0.25, 0.3) is 0 Å². The number of carbonyl (C=O) groups is 2. The zero-order valence-corrected chi connectivity index (χ0v) is 16.6. The summed E-state index contributed by atoms with van der Waals surface area (Å²) in [5.74, 6) is 1.59. The molecular formula is C22H33NO3. The van der Waals surface area contributed by atoms with Crippen molar-refractivity contribution in [3.63, 3.8) is 0 Å². The average Bonchev–Trinajstić information content (AvgIpc) is 2.95. The maximum Gasteiger partial charge on any atom is 0.306 e. The van der Waals surface area contributed by atoms with E-state index in [1.54, 1.807) is 0 Å². The highest BCUT2D eigenvalue weighted by Gasteiger charge is 2.60. The summed E-state index contributed by atoms with van der Waals surface area (Å²) < 4.78 is 0. The number of hydrogen-bond donors (Lipinski definition) is 1. The minimum atomic E-state index is -0.635. The molecule has 144 valence electrons. The predicted octanol–water partition coefficient (Wildman–Crippen LogP) is 4.31. The van der Waals surface area contributed by atoms with Crippen molar-refractivity contribution >= 4 is 11.9 Å². The molecule has 1 aliphatic heterocycles. The van der Waals surface area contributed by atoms with Crippen molar-refractivity contribution in [3.8, 4) is 0 Å². The Hall–Kier alpha value is -1.32. The number of likely N-dealkylation sites (tertiary alicyclic amines) is 1. The average molecular weight is 360 g/mol. The van der Waals surface area contributed by atoms with Gasteiger partial charge in [0.25, 0.3) is 0 Å². The van der Waals surface area contributed by atoms with Crippen LogP contribution in [0.4, 0.5) is 0 Å². The van der Waals surface area contributed by atoms with E-state index in [0.29, 0.717) is 30.1 Å². The van der Waals surface area contributed by atoms with Gasteiger partial charge in [-0.2, -0.15) is 0 Å². The summed E-state index contributed by atoms with van der Waals surface area (Å²) in [4.78, 5) is 25.8. The molecule has 4 nitrogen and oxygen atoms in total. The number of fused-ring (bicyclic) bond motifs is 5. The molecule has 3 fully saturated rings. The minimum Gasteiger partial charge on any atom is -0.481 e. The van der Waals surface area contributed by atoms with Gasteiger partial charge in [-0.1, -0.05) is 26.8 Å². The van der Waals surface area contributed by atoms with Gasteiger partial charge in [0.15, 0.2) is 0 Å². The molecule has 1 saturated heterocycles. The molecule has 4 rings (SSSR count). The van der Waals surface area contributed by atoms with Crippen molar-refractivity contribution in [1.82, 2.24) is 4.90 Å². The van der Waals surface area contributed by atoms with Crippen LogP contribution in [0.1, 0.15) is 65.7 Å². The van der Waals surface area contributed by atoms with Crippen molar-refractivity contribution in [2.45, 2.75) is 65.7 Å². The van der Waals surface area contributed by atoms with E-state index in [1.165, 1.54) is 18.5 Å². The minimum absolute atomic E-state index is 0.114. The first kappa shape index (κ1) is 18.1. The molecule has 7 atom stereocenters. The number of aliphatic carboxylic acids is 1. The van der Waals surface area contributed by atoms with Gasteiger partial charge in [-0.15, -0.1) is 0 Å². The maximum atomic E-state index is 12.2. The van der Waals surface area contributed by atoms with Gasteiger partial charge in [-0.3, -0.25) is 9.59 Å². The smallest absolute Gasteiger partial charge is 0.306 e. The van der Waals surface area contributed by atoms with Crippen LogP contribution in [0.15, 0.2) is 11.8 Å². The Kier molecular flexibility index (Phi) is 4.06. The lowest BCUT2D eigenvalue weighted by atomic mass is 9.48. The van der Waals surface area contributed by atoms with Gasteiger partial charge in [-0.25, -0.2) is 0 Å². The molecular weight excluding hydrogens is 326 g/mol. The van der Waals surface area contributed by atoms with Gasteiger partial charge < -0.3 is 10.0 Å². The SMILES string of the molecule is CC(C(=O)O)C1CCC2C3CC=C4N(C)C(=O)CCC4(C)C3CCC12C. The molecule has 0 aromatic rings.